The van der Waals surface area contributed by atoms with E-state index < -0.39 is 0 Å². The Morgan fingerprint density at radius 2 is 1.68 bits per heavy atom. The quantitative estimate of drug-likeness (QED) is 0.331. The third-order valence-corrected chi connectivity index (χ3v) is 7.98. The summed E-state index contributed by atoms with van der Waals surface area (Å²) in [7, 11) is 2.14. The number of likely N-dealkylation sites (N-methyl/N-ethyl adjacent to an activating group) is 1. The molecule has 234 valence electrons. The number of nitrogens with one attached hydrogen (secondary N) is 1. The van der Waals surface area contributed by atoms with Crippen LogP contribution in [0.1, 0.15) is 49.5 Å². The van der Waals surface area contributed by atoms with E-state index in [1.54, 1.807) is 18.2 Å². The molecular weight excluding hydrogens is 554 g/mol. The van der Waals surface area contributed by atoms with Crippen molar-refractivity contribution in [2.45, 2.75) is 40.2 Å². The minimum Gasteiger partial charge on any atom is -0.454 e. The lowest BCUT2D eigenvalue weighted by atomic mass is 9.92. The van der Waals surface area contributed by atoms with Crippen molar-refractivity contribution >= 4 is 23.2 Å². The number of nitrogens with two attached hydrogens (primary N) is 1. The molecule has 3 aromatic carbocycles. The van der Waals surface area contributed by atoms with E-state index in [0.717, 1.165) is 54.2 Å². The minimum atomic E-state index is -0.113. The van der Waals surface area contributed by atoms with E-state index in [9.17, 15) is 9.59 Å². The lowest BCUT2D eigenvalue weighted by Gasteiger charge is -2.35. The molecule has 3 aromatic rings. The number of hydrogen-bond donors (Lipinski definition) is 2. The molecule has 9 nitrogen and oxygen atoms in total. The Bertz CT molecular complexity index is 1480. The highest BCUT2D eigenvalue weighted by Gasteiger charge is 2.23. The molecule has 0 aromatic heterocycles. The van der Waals surface area contributed by atoms with Gasteiger partial charge in [0.25, 0.3) is 5.91 Å². The van der Waals surface area contributed by atoms with Gasteiger partial charge in [0, 0.05) is 51.3 Å². The fourth-order valence-corrected chi connectivity index (χ4v) is 5.63. The van der Waals surface area contributed by atoms with Gasteiger partial charge in [0.1, 0.15) is 0 Å². The molecule has 1 saturated heterocycles. The number of amides is 2. The van der Waals surface area contributed by atoms with Gasteiger partial charge in [0.15, 0.2) is 11.5 Å². The summed E-state index contributed by atoms with van der Waals surface area (Å²) in [5.74, 6) is 1.16. The SMILES string of the molecule is CN1CCN(c2ccc(-c3cccc(CN(CCCN)C(=O)c4ccc5c(c4)OCO5)c3)cc2NC(=O)CC(C)(C)C)CC1. The zero-order valence-electron chi connectivity index (χ0n) is 26.4. The number of rotatable bonds is 10. The van der Waals surface area contributed by atoms with Crippen LogP contribution < -0.4 is 25.4 Å². The maximum Gasteiger partial charge on any atom is 0.254 e. The van der Waals surface area contributed by atoms with E-state index in [1.807, 2.05) is 17.0 Å². The normalized spacial score (nSPS) is 14.9. The van der Waals surface area contributed by atoms with E-state index in [-0.39, 0.29) is 24.0 Å². The van der Waals surface area contributed by atoms with Gasteiger partial charge in [-0.3, -0.25) is 9.59 Å². The molecule has 0 saturated carbocycles. The molecular formula is C35H45N5O4. The monoisotopic (exact) mass is 599 g/mol. The van der Waals surface area contributed by atoms with Gasteiger partial charge in [0.05, 0.1) is 11.4 Å². The molecule has 1 fully saturated rings. The topological polar surface area (TPSA) is 100 Å². The smallest absolute Gasteiger partial charge is 0.254 e. The first kappa shape index (κ1) is 31.3. The van der Waals surface area contributed by atoms with E-state index in [2.05, 4.69) is 73.3 Å². The zero-order chi connectivity index (χ0) is 31.3. The van der Waals surface area contributed by atoms with Crippen molar-refractivity contribution in [1.29, 1.82) is 0 Å². The highest BCUT2D eigenvalue weighted by atomic mass is 16.7. The highest BCUT2D eigenvalue weighted by molar-refractivity contribution is 5.96. The largest absolute Gasteiger partial charge is 0.454 e. The standard InChI is InChI=1S/C35H45N5O4/c1-35(2,3)22-33(41)37-29-20-27(9-11-30(29)39-17-15-38(4)16-18-39)26-8-5-7-25(19-26)23-40(14-6-13-36)34(42)28-10-12-31-32(21-28)44-24-43-31/h5,7-12,19-21H,6,13-18,22-24,36H2,1-4H3,(H,37,41). The summed E-state index contributed by atoms with van der Waals surface area (Å²) in [6.07, 6.45) is 1.13. The first-order valence-electron chi connectivity index (χ1n) is 15.5. The first-order valence-corrected chi connectivity index (χ1v) is 15.5. The van der Waals surface area contributed by atoms with Gasteiger partial charge < -0.3 is 35.2 Å². The number of hydrogen-bond acceptors (Lipinski definition) is 7. The molecule has 0 spiro atoms. The third kappa shape index (κ3) is 7.89. The van der Waals surface area contributed by atoms with Gasteiger partial charge in [0.2, 0.25) is 12.7 Å². The highest BCUT2D eigenvalue weighted by Crippen LogP contribution is 2.35. The van der Waals surface area contributed by atoms with Crippen LogP contribution in [-0.2, 0) is 11.3 Å². The van der Waals surface area contributed by atoms with Gasteiger partial charge in [-0.25, -0.2) is 0 Å². The Labute approximate surface area is 260 Å². The summed E-state index contributed by atoms with van der Waals surface area (Å²) in [4.78, 5) is 33.2. The predicted molar refractivity (Wildman–Crippen MR) is 175 cm³/mol. The van der Waals surface area contributed by atoms with Crippen LogP contribution in [0.15, 0.2) is 60.7 Å². The lowest BCUT2D eigenvalue weighted by Crippen LogP contribution is -2.44. The van der Waals surface area contributed by atoms with E-state index in [1.165, 1.54) is 0 Å². The van der Waals surface area contributed by atoms with Crippen LogP contribution in [0.2, 0.25) is 0 Å². The Balaban J connectivity index is 1.40. The van der Waals surface area contributed by atoms with Gasteiger partial charge >= 0.3 is 0 Å². The van der Waals surface area contributed by atoms with E-state index in [0.29, 0.717) is 49.5 Å². The number of carbonyl (C=O) groups excluding carboxylic acids is 2. The number of piperazine rings is 1. The Morgan fingerprint density at radius 3 is 2.43 bits per heavy atom. The zero-order valence-corrected chi connectivity index (χ0v) is 26.4. The molecule has 0 aliphatic carbocycles. The summed E-state index contributed by atoms with van der Waals surface area (Å²) < 4.78 is 10.9. The predicted octanol–water partition coefficient (Wildman–Crippen LogP) is 5.20. The van der Waals surface area contributed by atoms with Crippen molar-refractivity contribution in [1.82, 2.24) is 9.80 Å². The molecule has 0 bridgehead atoms. The average Bonchev–Trinajstić information content (AvgIpc) is 3.47. The molecule has 0 atom stereocenters. The average molecular weight is 600 g/mol. The molecule has 2 aliphatic heterocycles. The fraction of sp³-hybridized carbons (Fsp3) is 0.429. The first-order chi connectivity index (χ1) is 21.1. The van der Waals surface area contributed by atoms with Crippen LogP contribution in [-0.4, -0.2) is 74.7 Å². The fourth-order valence-electron chi connectivity index (χ4n) is 5.63. The third-order valence-electron chi connectivity index (χ3n) is 7.98. The van der Waals surface area contributed by atoms with Crippen LogP contribution in [0.5, 0.6) is 11.5 Å². The van der Waals surface area contributed by atoms with Crippen LogP contribution >= 0.6 is 0 Å². The van der Waals surface area contributed by atoms with Gasteiger partial charge in [-0.05, 0) is 78.5 Å². The van der Waals surface area contributed by atoms with E-state index >= 15 is 0 Å². The van der Waals surface area contributed by atoms with Crippen molar-refractivity contribution in [3.8, 4) is 22.6 Å². The van der Waals surface area contributed by atoms with Crippen molar-refractivity contribution in [2.24, 2.45) is 11.1 Å². The lowest BCUT2D eigenvalue weighted by molar-refractivity contribution is -0.117. The summed E-state index contributed by atoms with van der Waals surface area (Å²) >= 11 is 0. The van der Waals surface area contributed by atoms with Crippen LogP contribution in [0.3, 0.4) is 0 Å². The summed E-state index contributed by atoms with van der Waals surface area (Å²) in [6.45, 7) is 11.6. The van der Waals surface area contributed by atoms with Crippen molar-refractivity contribution in [3.05, 3.63) is 71.8 Å². The summed E-state index contributed by atoms with van der Waals surface area (Å²) in [6, 6.07) is 19.9. The van der Waals surface area contributed by atoms with Crippen LogP contribution in [0.4, 0.5) is 11.4 Å². The van der Waals surface area contributed by atoms with Crippen molar-refractivity contribution in [2.75, 3.05) is 63.3 Å². The second kappa shape index (κ2) is 13.7. The molecule has 9 heteroatoms. The molecule has 3 N–H and O–H groups in total. The molecule has 5 rings (SSSR count). The summed E-state index contributed by atoms with van der Waals surface area (Å²) in [5.41, 5.74) is 11.2. The van der Waals surface area contributed by atoms with Gasteiger partial charge in [-0.15, -0.1) is 0 Å². The molecule has 2 amide bonds. The number of carbonyl (C=O) groups is 2. The number of nitrogens with zero attached hydrogens (tertiary/aromatic N) is 3. The Hall–Kier alpha value is -4.08. The van der Waals surface area contributed by atoms with Gasteiger partial charge in [-0.2, -0.15) is 0 Å². The number of anilines is 2. The second-order valence-corrected chi connectivity index (χ2v) is 12.9. The van der Waals surface area contributed by atoms with Gasteiger partial charge in [-0.1, -0.05) is 45.0 Å². The van der Waals surface area contributed by atoms with E-state index in [4.69, 9.17) is 15.2 Å². The molecule has 0 unspecified atom stereocenters. The molecule has 44 heavy (non-hydrogen) atoms. The number of fused-ring (bicyclic) bond motifs is 1. The molecule has 2 heterocycles. The maximum absolute atomic E-state index is 13.6. The number of ether oxygens (including phenoxy) is 2. The summed E-state index contributed by atoms with van der Waals surface area (Å²) in [5, 5.41) is 3.23. The number of benzene rings is 3. The molecule has 2 aliphatic rings. The van der Waals surface area contributed by atoms with Crippen LogP contribution in [0, 0.1) is 5.41 Å². The van der Waals surface area contributed by atoms with Crippen molar-refractivity contribution < 1.29 is 19.1 Å². The Morgan fingerprint density at radius 1 is 0.932 bits per heavy atom. The second-order valence-electron chi connectivity index (χ2n) is 12.9. The van der Waals surface area contributed by atoms with Crippen LogP contribution in [0.25, 0.3) is 11.1 Å². The van der Waals surface area contributed by atoms with Crippen molar-refractivity contribution in [3.63, 3.8) is 0 Å². The minimum absolute atomic E-state index is 0.0105. The Kier molecular flexibility index (Phi) is 9.76. The molecule has 0 radical (unpaired) electrons. The maximum atomic E-state index is 13.6.